The molecule has 0 radical (unpaired) electrons. The maximum absolute atomic E-state index is 13.0. The van der Waals surface area contributed by atoms with Crippen LogP contribution < -0.4 is 33.0 Å². The van der Waals surface area contributed by atoms with Crippen molar-refractivity contribution in [3.8, 4) is 0 Å². The van der Waals surface area contributed by atoms with Gasteiger partial charge in [-0.15, -0.1) is 0 Å². The molecule has 4 heterocycles. The van der Waals surface area contributed by atoms with Crippen molar-refractivity contribution < 1.29 is 66.7 Å². The SMILES string of the molecule is CC(C)(C)OC(=O)N1CCCOC(C(=O)NC(Cc2ccc(B3OC(C)(C)C(C)(C)O3)cc2)C(N)=O)C1.CC1(C)OB(c2ccc(CC(NC(=O)[C@@H]3CN(C(=O)O)CCCO3)C(N)=O)cc2)OC1(C)C. The van der Waals surface area contributed by atoms with E-state index in [2.05, 4.69) is 10.6 Å². The summed E-state index contributed by atoms with van der Waals surface area (Å²) in [7, 11) is -0.994. The van der Waals surface area contributed by atoms with Crippen molar-refractivity contribution in [2.45, 2.75) is 154 Å². The van der Waals surface area contributed by atoms with Gasteiger partial charge in [-0.2, -0.15) is 0 Å². The van der Waals surface area contributed by atoms with Crippen LogP contribution in [0.25, 0.3) is 0 Å². The molecule has 4 aliphatic heterocycles. The van der Waals surface area contributed by atoms with Crippen molar-refractivity contribution in [3.63, 3.8) is 0 Å². The number of nitrogens with one attached hydrogen (secondary N) is 2. The number of benzene rings is 2. The number of carbonyl (C=O) groups excluding carboxylic acids is 5. The van der Waals surface area contributed by atoms with Crippen LogP contribution in [-0.4, -0.2) is 157 Å². The second kappa shape index (κ2) is 22.4. The van der Waals surface area contributed by atoms with Crippen LogP contribution in [-0.2, 0) is 64.8 Å². The zero-order valence-electron chi connectivity index (χ0n) is 42.5. The lowest BCUT2D eigenvalue weighted by molar-refractivity contribution is -0.136. The summed E-state index contributed by atoms with van der Waals surface area (Å²) in [6.07, 6.45) is -2.13. The third kappa shape index (κ3) is 14.7. The van der Waals surface area contributed by atoms with Gasteiger partial charge in [0.15, 0.2) is 12.2 Å². The third-order valence-corrected chi connectivity index (χ3v) is 13.3. The molecule has 4 atom stereocenters. The van der Waals surface area contributed by atoms with Gasteiger partial charge in [0.05, 0.1) is 35.5 Å². The number of ether oxygens (including phenoxy) is 3. The minimum atomic E-state index is -1.12. The Bertz CT molecular complexity index is 2150. The third-order valence-electron chi connectivity index (χ3n) is 13.3. The number of nitrogens with zero attached hydrogens (tertiary/aromatic N) is 2. The summed E-state index contributed by atoms with van der Waals surface area (Å²) in [5.74, 6) is -2.43. The number of hydrogen-bond donors (Lipinski definition) is 5. The maximum atomic E-state index is 13.0. The van der Waals surface area contributed by atoms with E-state index in [1.54, 1.807) is 20.8 Å². The fourth-order valence-corrected chi connectivity index (χ4v) is 7.66. The number of carboxylic acid groups (broad SMARTS) is 1. The van der Waals surface area contributed by atoms with Gasteiger partial charge in [0, 0.05) is 39.1 Å². The average Bonchev–Trinajstić information content (AvgIpc) is 3.47. The number of hydrogen-bond acceptors (Lipinski definition) is 13. The van der Waals surface area contributed by atoms with Crippen molar-refractivity contribution in [2.75, 3.05) is 39.4 Å². The summed E-state index contributed by atoms with van der Waals surface area (Å²) >= 11 is 0. The first-order valence-corrected chi connectivity index (χ1v) is 23.7. The Balaban J connectivity index is 0.000000262. The van der Waals surface area contributed by atoms with E-state index in [-0.39, 0.29) is 39.1 Å². The molecular weight excluding hydrogens is 906 g/mol. The van der Waals surface area contributed by atoms with E-state index in [1.165, 1.54) is 4.90 Å². The van der Waals surface area contributed by atoms with Gasteiger partial charge in [0.1, 0.15) is 17.7 Å². The molecule has 4 fully saturated rings. The number of rotatable bonds is 12. The van der Waals surface area contributed by atoms with Crippen LogP contribution in [0, 0.1) is 0 Å². The van der Waals surface area contributed by atoms with Crippen molar-refractivity contribution in [2.24, 2.45) is 11.5 Å². The maximum Gasteiger partial charge on any atom is 0.494 e. The summed E-state index contributed by atoms with van der Waals surface area (Å²) in [6.45, 7) is 22.4. The van der Waals surface area contributed by atoms with Gasteiger partial charge >= 0.3 is 26.4 Å². The molecule has 6 amide bonds. The molecule has 0 aliphatic carbocycles. The number of carbonyl (C=O) groups is 6. The van der Waals surface area contributed by atoms with Gasteiger partial charge in [-0.3, -0.25) is 19.2 Å². The molecule has 3 unspecified atom stereocenters. The molecule has 6 rings (SSSR count). The number of amides is 6. The molecule has 4 saturated heterocycles. The highest BCUT2D eigenvalue weighted by Crippen LogP contribution is 2.37. The minimum Gasteiger partial charge on any atom is -0.465 e. The van der Waals surface area contributed by atoms with Crippen LogP contribution in [0.1, 0.15) is 100 Å². The number of nitrogens with two attached hydrogens (primary N) is 2. The lowest BCUT2D eigenvalue weighted by Crippen LogP contribution is -2.52. The summed E-state index contributed by atoms with van der Waals surface area (Å²) in [4.78, 5) is 76.3. The second-order valence-corrected chi connectivity index (χ2v) is 21.1. The molecule has 2 aromatic carbocycles. The molecule has 22 heteroatoms. The molecular formula is C48H72B2N6O14. The largest absolute Gasteiger partial charge is 0.494 e. The van der Waals surface area contributed by atoms with E-state index in [1.807, 2.05) is 104 Å². The first-order valence-electron chi connectivity index (χ1n) is 23.7. The standard InChI is InChI=1S/C26H40BN3O7.C22H32BN3O7/c1-24(2,3)35-23(33)30-13-8-14-34-20(16-30)22(32)29-19(21(28)31)15-17-9-11-18(12-10-17)27-36-25(4,5)26(6,7)37-27;1-21(2)22(3,4)33-23(32-21)15-8-6-14(7-9-15)12-16(18(24)27)25-19(28)17-13-26(20(29)30)10-5-11-31-17/h9-12,19-20H,8,13-16H2,1-7H3,(H2,28,31)(H,29,32);6-9,16-17H,5,10-13H2,1-4H3,(H2,24,27)(H,25,28)(H,29,30)/t;16?,17-/m.0/s1. The topological polar surface area (TPSA) is 270 Å². The van der Waals surface area contributed by atoms with E-state index in [0.29, 0.717) is 26.0 Å². The molecule has 20 nitrogen and oxygen atoms in total. The summed E-state index contributed by atoms with van der Waals surface area (Å²) in [6, 6.07) is 12.9. The van der Waals surface area contributed by atoms with Crippen LogP contribution in [0.3, 0.4) is 0 Å². The zero-order chi connectivity index (χ0) is 52.0. The Morgan fingerprint density at radius 2 is 0.986 bits per heavy atom. The lowest BCUT2D eigenvalue weighted by Gasteiger charge is -2.32. The Hall–Kier alpha value is -5.25. The van der Waals surface area contributed by atoms with Gasteiger partial charge in [0.2, 0.25) is 11.8 Å². The fourth-order valence-electron chi connectivity index (χ4n) is 7.66. The van der Waals surface area contributed by atoms with Gasteiger partial charge in [0.25, 0.3) is 11.8 Å². The molecule has 70 heavy (non-hydrogen) atoms. The van der Waals surface area contributed by atoms with E-state index in [4.69, 9.17) is 44.3 Å². The molecule has 4 aliphatic rings. The molecule has 0 spiro atoms. The Labute approximate surface area is 411 Å². The smallest absolute Gasteiger partial charge is 0.465 e. The number of primary amides is 2. The van der Waals surface area contributed by atoms with E-state index in [9.17, 15) is 33.9 Å². The minimum absolute atomic E-state index is 0.0228. The van der Waals surface area contributed by atoms with Crippen molar-refractivity contribution in [1.82, 2.24) is 20.4 Å². The molecule has 2 aromatic rings. The fraction of sp³-hybridized carbons (Fsp3) is 0.625. The van der Waals surface area contributed by atoms with Gasteiger partial charge in [-0.25, -0.2) is 9.59 Å². The van der Waals surface area contributed by atoms with Crippen LogP contribution in [0.5, 0.6) is 0 Å². The molecule has 384 valence electrons. The Kier molecular flexibility index (Phi) is 17.9. The molecule has 0 bridgehead atoms. The van der Waals surface area contributed by atoms with E-state index in [0.717, 1.165) is 27.0 Å². The lowest BCUT2D eigenvalue weighted by atomic mass is 9.78. The highest BCUT2D eigenvalue weighted by molar-refractivity contribution is 6.62. The first-order chi connectivity index (χ1) is 32.5. The summed E-state index contributed by atoms with van der Waals surface area (Å²) in [5.41, 5.74) is 12.0. The van der Waals surface area contributed by atoms with Crippen LogP contribution in [0.4, 0.5) is 9.59 Å². The normalized spacial score (nSPS) is 22.6. The monoisotopic (exact) mass is 979 g/mol. The zero-order valence-corrected chi connectivity index (χ0v) is 42.5. The highest BCUT2D eigenvalue weighted by atomic mass is 16.7. The second-order valence-electron chi connectivity index (χ2n) is 21.1. The molecule has 0 aromatic heterocycles. The predicted octanol–water partition coefficient (Wildman–Crippen LogP) is 1.79. The van der Waals surface area contributed by atoms with Crippen molar-refractivity contribution >= 4 is 61.0 Å². The Morgan fingerprint density at radius 3 is 1.31 bits per heavy atom. The Morgan fingerprint density at radius 1 is 0.643 bits per heavy atom. The van der Waals surface area contributed by atoms with Crippen molar-refractivity contribution in [1.29, 1.82) is 0 Å². The van der Waals surface area contributed by atoms with Crippen LogP contribution in [0.2, 0.25) is 0 Å². The first kappa shape index (κ1) is 55.7. The van der Waals surface area contributed by atoms with E-state index >= 15 is 0 Å². The highest BCUT2D eigenvalue weighted by Gasteiger charge is 2.53. The van der Waals surface area contributed by atoms with Crippen LogP contribution >= 0.6 is 0 Å². The average molecular weight is 979 g/mol. The molecule has 0 saturated carbocycles. The summed E-state index contributed by atoms with van der Waals surface area (Å²) < 4.78 is 40.9. The van der Waals surface area contributed by atoms with Crippen LogP contribution in [0.15, 0.2) is 48.5 Å². The summed E-state index contributed by atoms with van der Waals surface area (Å²) in [5, 5.41) is 14.5. The van der Waals surface area contributed by atoms with Gasteiger partial charge in [-0.1, -0.05) is 48.5 Å². The quantitative estimate of drug-likeness (QED) is 0.190. The molecule has 7 N–H and O–H groups in total. The predicted molar refractivity (Wildman–Crippen MR) is 260 cm³/mol. The van der Waals surface area contributed by atoms with Gasteiger partial charge in [-0.05, 0) is 111 Å². The van der Waals surface area contributed by atoms with E-state index < -0.39 is 102 Å². The van der Waals surface area contributed by atoms with Gasteiger partial charge < -0.3 is 69.8 Å². The van der Waals surface area contributed by atoms with Crippen molar-refractivity contribution in [3.05, 3.63) is 59.7 Å².